The van der Waals surface area contributed by atoms with E-state index < -0.39 is 43.7 Å². The van der Waals surface area contributed by atoms with Gasteiger partial charge in [-0.2, -0.15) is 0 Å². The Morgan fingerprint density at radius 2 is 1.57 bits per heavy atom. The summed E-state index contributed by atoms with van der Waals surface area (Å²) in [6.07, 6.45) is 0. The monoisotopic (exact) mass is 582 g/mol. The van der Waals surface area contributed by atoms with E-state index in [1.165, 1.54) is 12.1 Å². The standard InChI is InChI=1S/C27H25AsNO7S/c1-16(2)25(27(31)32)29-37(33,34)22-11-6-18(7-12-22)17-4-8-20(9-5-17)28-26(30)24-15-19-14-21(35-3)10-13-23(19)36-24/h4-16,25,29H,1-3H3,(H,31,32)/t25-/m0/s1. The summed E-state index contributed by atoms with van der Waals surface area (Å²) >= 11 is -0.817. The van der Waals surface area contributed by atoms with E-state index in [9.17, 15) is 23.1 Å². The molecule has 0 aliphatic heterocycles. The maximum absolute atomic E-state index is 12.8. The number of rotatable bonds is 10. The molecule has 0 unspecified atom stereocenters. The van der Waals surface area contributed by atoms with Crippen LogP contribution >= 0.6 is 0 Å². The van der Waals surface area contributed by atoms with Crippen molar-refractivity contribution in [2.24, 2.45) is 5.92 Å². The van der Waals surface area contributed by atoms with Crippen LogP contribution in [0.4, 0.5) is 0 Å². The number of hydrogen-bond acceptors (Lipinski definition) is 6. The minimum atomic E-state index is -3.99. The van der Waals surface area contributed by atoms with Gasteiger partial charge in [-0.05, 0) is 0 Å². The van der Waals surface area contributed by atoms with Gasteiger partial charge >= 0.3 is 198 Å². The van der Waals surface area contributed by atoms with Gasteiger partial charge in [0.25, 0.3) is 0 Å². The second-order valence-electron chi connectivity index (χ2n) is 8.68. The summed E-state index contributed by atoms with van der Waals surface area (Å²) in [6.45, 7) is 3.27. The van der Waals surface area contributed by atoms with Crippen LogP contribution in [0.2, 0.25) is 0 Å². The van der Waals surface area contributed by atoms with E-state index in [1.54, 1.807) is 51.3 Å². The van der Waals surface area contributed by atoms with Gasteiger partial charge in [0.1, 0.15) is 0 Å². The summed E-state index contributed by atoms with van der Waals surface area (Å²) in [7, 11) is -2.41. The fourth-order valence-corrected chi connectivity index (χ4v) is 6.61. The number of nitrogens with one attached hydrogen (secondary N) is 1. The van der Waals surface area contributed by atoms with Gasteiger partial charge in [-0.15, -0.1) is 0 Å². The number of carbonyl (C=O) groups is 2. The first kappa shape index (κ1) is 26.7. The number of ether oxygens (including phenoxy) is 1. The number of carboxylic acids is 1. The molecule has 0 bridgehead atoms. The Labute approximate surface area is 221 Å². The number of carbonyl (C=O) groups excluding carboxylic acids is 1. The topological polar surface area (TPSA) is 123 Å². The van der Waals surface area contributed by atoms with Crippen molar-refractivity contribution >= 4 is 51.6 Å². The summed E-state index contributed by atoms with van der Waals surface area (Å²) in [5, 5.41) is 10.1. The number of benzene rings is 3. The molecule has 0 aliphatic rings. The fourth-order valence-electron chi connectivity index (χ4n) is 3.69. The molecular formula is C27H25AsNO7S. The molecule has 0 saturated heterocycles. The number of sulfonamides is 1. The van der Waals surface area contributed by atoms with Crippen LogP contribution in [0.3, 0.4) is 0 Å². The van der Waals surface area contributed by atoms with Gasteiger partial charge in [-0.1, -0.05) is 13.8 Å². The van der Waals surface area contributed by atoms with Gasteiger partial charge in [-0.3, -0.25) is 4.79 Å². The molecule has 4 rings (SSSR count). The van der Waals surface area contributed by atoms with E-state index in [4.69, 9.17) is 9.15 Å². The van der Waals surface area contributed by atoms with Gasteiger partial charge in [0, 0.05) is 0 Å². The van der Waals surface area contributed by atoms with Crippen LogP contribution in [-0.2, 0) is 14.8 Å². The average molecular weight is 582 g/mol. The summed E-state index contributed by atoms with van der Waals surface area (Å²) in [6, 6.07) is 19.6. The van der Waals surface area contributed by atoms with Crippen LogP contribution in [-0.4, -0.2) is 53.0 Å². The van der Waals surface area contributed by atoms with Gasteiger partial charge in [-0.25, -0.2) is 0 Å². The molecule has 2 N–H and O–H groups in total. The van der Waals surface area contributed by atoms with E-state index in [-0.39, 0.29) is 9.47 Å². The molecule has 1 radical (unpaired) electrons. The fraction of sp³-hybridized carbons (Fsp3) is 0.185. The molecule has 8 nitrogen and oxygen atoms in total. The molecular weight excluding hydrogens is 557 g/mol. The average Bonchev–Trinajstić information content (AvgIpc) is 3.31. The number of carboxylic acid groups (broad SMARTS) is 1. The molecule has 10 heteroatoms. The van der Waals surface area contributed by atoms with Gasteiger partial charge in [0.05, 0.1) is 0 Å². The zero-order valence-corrected chi connectivity index (χ0v) is 23.0. The molecule has 0 amide bonds. The third-order valence-electron chi connectivity index (χ3n) is 5.74. The molecule has 0 aliphatic carbocycles. The number of methoxy groups -OCH3 is 1. The van der Waals surface area contributed by atoms with Crippen molar-refractivity contribution in [1.29, 1.82) is 0 Å². The van der Waals surface area contributed by atoms with Crippen molar-refractivity contribution in [1.82, 2.24) is 4.72 Å². The summed E-state index contributed by atoms with van der Waals surface area (Å²) in [5.41, 5.74) is 2.28. The molecule has 1 atom stereocenters. The normalized spacial score (nSPS) is 12.9. The van der Waals surface area contributed by atoms with E-state index >= 15 is 0 Å². The minimum absolute atomic E-state index is 0.0150. The first-order chi connectivity index (χ1) is 17.6. The molecule has 0 fully saturated rings. The molecule has 37 heavy (non-hydrogen) atoms. The number of aliphatic carboxylic acids is 1. The van der Waals surface area contributed by atoms with Crippen molar-refractivity contribution in [3.63, 3.8) is 0 Å². The SMILES string of the molecule is COc1ccc2oc(C(=O)[As]c3ccc(-c4ccc(S(=O)(=O)N[C@H](C(=O)O)C(C)C)cc4)cc3)cc2c1. The maximum atomic E-state index is 12.8. The van der Waals surface area contributed by atoms with E-state index in [0.717, 1.165) is 20.9 Å². The van der Waals surface area contributed by atoms with Gasteiger partial charge in [0.2, 0.25) is 0 Å². The van der Waals surface area contributed by atoms with Crippen LogP contribution in [0.5, 0.6) is 5.75 Å². The van der Waals surface area contributed by atoms with Crippen LogP contribution in [0.25, 0.3) is 22.1 Å². The summed E-state index contributed by atoms with van der Waals surface area (Å²) < 4.78 is 39.3. The molecule has 3 aromatic carbocycles. The molecule has 4 aromatic rings. The van der Waals surface area contributed by atoms with Crippen LogP contribution < -0.4 is 13.8 Å². The van der Waals surface area contributed by atoms with Crippen molar-refractivity contribution in [3.8, 4) is 16.9 Å². The van der Waals surface area contributed by atoms with Gasteiger partial charge < -0.3 is 5.11 Å². The molecule has 191 valence electrons. The molecule has 1 aromatic heterocycles. The third kappa shape index (κ3) is 6.13. The predicted molar refractivity (Wildman–Crippen MR) is 141 cm³/mol. The van der Waals surface area contributed by atoms with Crippen molar-refractivity contribution in [3.05, 3.63) is 78.6 Å². The van der Waals surface area contributed by atoms with Crippen LogP contribution in [0.1, 0.15) is 24.4 Å². The zero-order chi connectivity index (χ0) is 26.7. The predicted octanol–water partition coefficient (Wildman–Crippen LogP) is 3.67. The first-order valence-corrected chi connectivity index (χ1v) is 14.7. The Morgan fingerprint density at radius 3 is 2.14 bits per heavy atom. The number of hydrogen-bond donors (Lipinski definition) is 2. The number of fused-ring (bicyclic) bond motifs is 1. The Hall–Kier alpha value is -3.39. The Morgan fingerprint density at radius 1 is 0.946 bits per heavy atom. The zero-order valence-electron chi connectivity index (χ0n) is 20.3. The second-order valence-corrected chi connectivity index (χ2v) is 12.8. The van der Waals surface area contributed by atoms with Gasteiger partial charge in [0.15, 0.2) is 0 Å². The Kier molecular flexibility index (Phi) is 7.87. The van der Waals surface area contributed by atoms with E-state index in [0.29, 0.717) is 17.1 Å². The van der Waals surface area contributed by atoms with Crippen molar-refractivity contribution < 1.29 is 32.3 Å². The summed E-state index contributed by atoms with van der Waals surface area (Å²) in [4.78, 5) is 24.2. The molecule has 0 saturated carbocycles. The Balaban J connectivity index is 1.45. The second kappa shape index (κ2) is 10.9. The van der Waals surface area contributed by atoms with Crippen LogP contribution in [0, 0.1) is 5.92 Å². The first-order valence-electron chi connectivity index (χ1n) is 11.4. The van der Waals surface area contributed by atoms with E-state index in [2.05, 4.69) is 4.72 Å². The quantitative estimate of drug-likeness (QED) is 0.274. The molecule has 1 heterocycles. The molecule has 0 spiro atoms. The third-order valence-corrected chi connectivity index (χ3v) is 9.26. The van der Waals surface area contributed by atoms with Crippen LogP contribution in [0.15, 0.2) is 82.1 Å². The number of furan rings is 1. The van der Waals surface area contributed by atoms with Crippen molar-refractivity contribution in [2.75, 3.05) is 7.11 Å². The van der Waals surface area contributed by atoms with E-state index in [1.807, 2.05) is 30.3 Å². The van der Waals surface area contributed by atoms with Crippen molar-refractivity contribution in [2.45, 2.75) is 24.8 Å². The Bertz CT molecular complexity index is 1540. The summed E-state index contributed by atoms with van der Waals surface area (Å²) in [5.74, 6) is -0.621.